The molecule has 0 saturated heterocycles. The van der Waals surface area contributed by atoms with Crippen molar-refractivity contribution in [2.24, 2.45) is 0 Å². The van der Waals surface area contributed by atoms with E-state index in [9.17, 15) is 13.2 Å². The van der Waals surface area contributed by atoms with Gasteiger partial charge in [0.05, 0.1) is 12.1 Å². The summed E-state index contributed by atoms with van der Waals surface area (Å²) in [5.74, 6) is 1.39. The summed E-state index contributed by atoms with van der Waals surface area (Å²) in [5.41, 5.74) is 2.05. The van der Waals surface area contributed by atoms with E-state index in [1.165, 1.54) is 0 Å². The summed E-state index contributed by atoms with van der Waals surface area (Å²) in [6, 6.07) is 5.71. The first-order valence-corrected chi connectivity index (χ1v) is 8.48. The average Bonchev–Trinajstić information content (AvgIpc) is 3.17. The highest BCUT2D eigenvalue weighted by atomic mass is 19.4. The van der Waals surface area contributed by atoms with Crippen molar-refractivity contribution in [3.8, 4) is 28.7 Å². The maximum Gasteiger partial charge on any atom is 0.408 e. The van der Waals surface area contributed by atoms with E-state index in [1.807, 2.05) is 29.7 Å². The van der Waals surface area contributed by atoms with E-state index in [0.717, 1.165) is 28.8 Å². The van der Waals surface area contributed by atoms with E-state index >= 15 is 0 Å². The lowest BCUT2D eigenvalue weighted by molar-refractivity contribution is -0.142. The lowest BCUT2D eigenvalue weighted by Crippen LogP contribution is -2.19. The van der Waals surface area contributed by atoms with Crippen LogP contribution in [0.25, 0.3) is 22.9 Å². The Morgan fingerprint density at radius 2 is 2.11 bits per heavy atom. The largest absolute Gasteiger partial charge is 0.491 e. The molecule has 1 N–H and O–H groups in total. The summed E-state index contributed by atoms with van der Waals surface area (Å²) >= 11 is 0. The Morgan fingerprint density at radius 1 is 1.26 bits per heavy atom. The molecule has 0 radical (unpaired) electrons. The topological polar surface area (TPSA) is 69.8 Å². The zero-order chi connectivity index (χ0) is 19.0. The summed E-state index contributed by atoms with van der Waals surface area (Å²) in [6.45, 7) is 2.53. The number of nitrogens with zero attached hydrogens (tertiary/aromatic N) is 5. The van der Waals surface area contributed by atoms with Gasteiger partial charge < -0.3 is 14.6 Å². The number of rotatable bonds is 4. The molecule has 0 bridgehead atoms. The van der Waals surface area contributed by atoms with Gasteiger partial charge in [-0.05, 0) is 19.1 Å². The molecule has 3 heterocycles. The number of alkyl halides is 3. The number of imidazole rings is 1. The Morgan fingerprint density at radius 3 is 2.89 bits per heavy atom. The SMILES string of the molecule is CCNc1ccc2c(c1)OCCn1cc(-c3ncnn3CC(F)(F)F)nc1-2. The summed E-state index contributed by atoms with van der Waals surface area (Å²) in [6.07, 6.45) is -1.60. The predicted octanol–water partition coefficient (Wildman–Crippen LogP) is 3.20. The van der Waals surface area contributed by atoms with Crippen LogP contribution in [0.4, 0.5) is 18.9 Å². The van der Waals surface area contributed by atoms with Crippen molar-refractivity contribution in [1.29, 1.82) is 0 Å². The molecule has 3 aromatic rings. The van der Waals surface area contributed by atoms with Gasteiger partial charge in [-0.2, -0.15) is 18.3 Å². The Kier molecular flexibility index (Phi) is 4.25. The second kappa shape index (κ2) is 6.60. The standard InChI is InChI=1S/C17H17F3N6O/c1-2-21-11-3-4-12-14(7-11)27-6-5-25-8-13(24-15(12)25)16-22-10-23-26(16)9-17(18,19)20/h3-4,7-8,10,21H,2,5-6,9H2,1H3. The second-order valence-electron chi connectivity index (χ2n) is 6.09. The maximum atomic E-state index is 12.8. The first kappa shape index (κ1) is 17.4. The van der Waals surface area contributed by atoms with Crippen molar-refractivity contribution in [3.05, 3.63) is 30.7 Å². The van der Waals surface area contributed by atoms with Crippen LogP contribution in [0, 0.1) is 0 Å². The van der Waals surface area contributed by atoms with Crippen LogP contribution in [0.3, 0.4) is 0 Å². The molecule has 0 amide bonds. The molecule has 0 unspecified atom stereocenters. The van der Waals surface area contributed by atoms with Crippen molar-refractivity contribution in [1.82, 2.24) is 24.3 Å². The van der Waals surface area contributed by atoms with E-state index < -0.39 is 12.7 Å². The molecule has 0 saturated carbocycles. The fraction of sp³-hybridized carbons (Fsp3) is 0.353. The van der Waals surface area contributed by atoms with Crippen LogP contribution in [0.2, 0.25) is 0 Å². The summed E-state index contributed by atoms with van der Waals surface area (Å²) in [4.78, 5) is 8.50. The van der Waals surface area contributed by atoms with E-state index in [4.69, 9.17) is 4.74 Å². The molecule has 2 aromatic heterocycles. The van der Waals surface area contributed by atoms with Crippen molar-refractivity contribution >= 4 is 5.69 Å². The Balaban J connectivity index is 1.74. The number of aromatic nitrogens is 5. The van der Waals surface area contributed by atoms with Crippen LogP contribution in [0.15, 0.2) is 30.7 Å². The third kappa shape index (κ3) is 3.46. The highest BCUT2D eigenvalue weighted by molar-refractivity contribution is 5.71. The van der Waals surface area contributed by atoms with Crippen LogP contribution >= 0.6 is 0 Å². The van der Waals surface area contributed by atoms with E-state index in [0.29, 0.717) is 30.4 Å². The number of fused-ring (bicyclic) bond motifs is 3. The molecule has 4 rings (SSSR count). The van der Waals surface area contributed by atoms with Crippen LogP contribution in [0.1, 0.15) is 6.92 Å². The minimum Gasteiger partial charge on any atom is -0.491 e. The molecule has 7 nitrogen and oxygen atoms in total. The zero-order valence-electron chi connectivity index (χ0n) is 14.5. The quantitative estimate of drug-likeness (QED) is 0.755. The third-order valence-electron chi connectivity index (χ3n) is 4.14. The average molecular weight is 378 g/mol. The fourth-order valence-electron chi connectivity index (χ4n) is 3.05. The number of halogens is 3. The van der Waals surface area contributed by atoms with Gasteiger partial charge >= 0.3 is 6.18 Å². The number of hydrogen-bond donors (Lipinski definition) is 1. The van der Waals surface area contributed by atoms with E-state index in [1.54, 1.807) is 6.20 Å². The molecular weight excluding hydrogens is 361 g/mol. The van der Waals surface area contributed by atoms with Gasteiger partial charge in [-0.3, -0.25) is 0 Å². The highest BCUT2D eigenvalue weighted by Crippen LogP contribution is 2.35. The molecule has 1 aliphatic rings. The first-order valence-electron chi connectivity index (χ1n) is 8.48. The number of nitrogens with one attached hydrogen (secondary N) is 1. The zero-order valence-corrected chi connectivity index (χ0v) is 14.5. The predicted molar refractivity (Wildman–Crippen MR) is 92.4 cm³/mol. The summed E-state index contributed by atoms with van der Waals surface area (Å²) in [7, 11) is 0. The third-order valence-corrected chi connectivity index (χ3v) is 4.14. The van der Waals surface area contributed by atoms with Crippen LogP contribution in [0.5, 0.6) is 5.75 Å². The van der Waals surface area contributed by atoms with Crippen molar-refractivity contribution in [2.45, 2.75) is 26.2 Å². The smallest absolute Gasteiger partial charge is 0.408 e. The fourth-order valence-corrected chi connectivity index (χ4v) is 3.05. The number of anilines is 1. The monoisotopic (exact) mass is 378 g/mol. The van der Waals surface area contributed by atoms with E-state index in [2.05, 4.69) is 20.4 Å². The van der Waals surface area contributed by atoms with Crippen LogP contribution in [-0.4, -0.2) is 43.6 Å². The van der Waals surface area contributed by atoms with Gasteiger partial charge in [-0.1, -0.05) is 0 Å². The molecule has 142 valence electrons. The second-order valence-corrected chi connectivity index (χ2v) is 6.09. The lowest BCUT2D eigenvalue weighted by Gasteiger charge is -2.10. The Labute approximate surface area is 152 Å². The normalized spacial score (nSPS) is 13.5. The maximum absolute atomic E-state index is 12.8. The highest BCUT2D eigenvalue weighted by Gasteiger charge is 2.31. The molecule has 0 spiro atoms. The van der Waals surface area contributed by atoms with Gasteiger partial charge in [0, 0.05) is 24.5 Å². The van der Waals surface area contributed by atoms with Gasteiger partial charge in [0.1, 0.15) is 36.7 Å². The molecule has 1 aliphatic heterocycles. The number of hydrogen-bond acceptors (Lipinski definition) is 5. The van der Waals surface area contributed by atoms with Gasteiger partial charge in [-0.25, -0.2) is 14.6 Å². The van der Waals surface area contributed by atoms with Crippen LogP contribution < -0.4 is 10.1 Å². The molecule has 0 fully saturated rings. The minimum atomic E-state index is -4.39. The molecule has 27 heavy (non-hydrogen) atoms. The van der Waals surface area contributed by atoms with Gasteiger partial charge in [0.2, 0.25) is 0 Å². The molecule has 10 heteroatoms. The van der Waals surface area contributed by atoms with Crippen molar-refractivity contribution in [2.75, 3.05) is 18.5 Å². The Hall–Kier alpha value is -3.04. The molecule has 0 atom stereocenters. The van der Waals surface area contributed by atoms with Crippen molar-refractivity contribution < 1.29 is 17.9 Å². The van der Waals surface area contributed by atoms with Crippen molar-refractivity contribution in [3.63, 3.8) is 0 Å². The first-order chi connectivity index (χ1) is 12.9. The molecule has 1 aromatic carbocycles. The lowest BCUT2D eigenvalue weighted by atomic mass is 10.1. The molecular formula is C17H17F3N6O. The Bertz CT molecular complexity index is 962. The van der Waals surface area contributed by atoms with Gasteiger partial charge in [0.25, 0.3) is 0 Å². The van der Waals surface area contributed by atoms with Gasteiger partial charge in [0.15, 0.2) is 5.82 Å². The van der Waals surface area contributed by atoms with Gasteiger partial charge in [-0.15, -0.1) is 0 Å². The summed E-state index contributed by atoms with van der Waals surface area (Å²) < 4.78 is 46.8. The van der Waals surface area contributed by atoms with E-state index in [-0.39, 0.29) is 5.82 Å². The molecule has 0 aliphatic carbocycles. The van der Waals surface area contributed by atoms with Crippen LogP contribution in [-0.2, 0) is 13.1 Å². The number of benzene rings is 1. The number of ether oxygens (including phenoxy) is 1. The minimum absolute atomic E-state index is 0.0830. The summed E-state index contributed by atoms with van der Waals surface area (Å²) in [5, 5.41) is 6.91.